The second kappa shape index (κ2) is 6.96. The third-order valence-corrected chi connectivity index (χ3v) is 6.85. The molecule has 1 saturated heterocycles. The number of rotatable bonds is 4. The van der Waals surface area contributed by atoms with Crippen LogP contribution in [0.4, 0.5) is 0 Å². The molecule has 0 saturated carbocycles. The van der Waals surface area contributed by atoms with E-state index in [9.17, 15) is 8.42 Å². The minimum Gasteiger partial charge on any atom is -0.330 e. The normalized spacial score (nSPS) is 21.2. The van der Waals surface area contributed by atoms with E-state index >= 15 is 0 Å². The van der Waals surface area contributed by atoms with Crippen LogP contribution in [-0.2, 0) is 10.0 Å². The van der Waals surface area contributed by atoms with Gasteiger partial charge in [0.1, 0.15) is 0 Å². The zero-order valence-corrected chi connectivity index (χ0v) is 14.9. The standard InChI is InChI=1S/C19H21N3O2S/c1-14-9-15(10-20)7-8-19(14)25(23,24)22-12-17(11-21)18(13-22)16-5-3-2-4-6-16/h2-9,17-18H,11-13,21H2,1H3/t17-,18+/m1/s1. The fourth-order valence-electron chi connectivity index (χ4n) is 3.49. The molecule has 0 unspecified atom stereocenters. The first kappa shape index (κ1) is 17.6. The van der Waals surface area contributed by atoms with Crippen LogP contribution in [0.3, 0.4) is 0 Å². The Bertz CT molecular complexity index is 904. The number of aryl methyl sites for hydroxylation is 1. The molecule has 2 aromatic rings. The predicted molar refractivity (Wildman–Crippen MR) is 96.4 cm³/mol. The largest absolute Gasteiger partial charge is 0.330 e. The molecular formula is C19H21N3O2S. The van der Waals surface area contributed by atoms with Crippen LogP contribution < -0.4 is 5.73 Å². The Hall–Kier alpha value is -2.20. The van der Waals surface area contributed by atoms with Crippen LogP contribution in [0.1, 0.15) is 22.6 Å². The van der Waals surface area contributed by atoms with Gasteiger partial charge in [-0.25, -0.2) is 8.42 Å². The van der Waals surface area contributed by atoms with E-state index in [1.54, 1.807) is 19.1 Å². The summed E-state index contributed by atoms with van der Waals surface area (Å²) in [5, 5.41) is 8.97. The van der Waals surface area contributed by atoms with Crippen molar-refractivity contribution in [3.63, 3.8) is 0 Å². The molecule has 0 amide bonds. The molecule has 6 heteroatoms. The van der Waals surface area contributed by atoms with E-state index in [0.29, 0.717) is 30.8 Å². The highest BCUT2D eigenvalue weighted by Crippen LogP contribution is 2.35. The van der Waals surface area contributed by atoms with E-state index in [1.165, 1.54) is 10.4 Å². The van der Waals surface area contributed by atoms with Crippen LogP contribution >= 0.6 is 0 Å². The molecule has 1 heterocycles. The monoisotopic (exact) mass is 355 g/mol. The third kappa shape index (κ3) is 3.31. The van der Waals surface area contributed by atoms with E-state index in [-0.39, 0.29) is 16.7 Å². The highest BCUT2D eigenvalue weighted by atomic mass is 32.2. The minimum atomic E-state index is -3.61. The van der Waals surface area contributed by atoms with Crippen molar-refractivity contribution < 1.29 is 8.42 Å². The summed E-state index contributed by atoms with van der Waals surface area (Å²) in [7, 11) is -3.61. The maximum Gasteiger partial charge on any atom is 0.243 e. The Morgan fingerprint density at radius 1 is 1.20 bits per heavy atom. The lowest BCUT2D eigenvalue weighted by Gasteiger charge is -2.18. The first-order chi connectivity index (χ1) is 12.0. The zero-order chi connectivity index (χ0) is 18.0. The molecule has 0 spiro atoms. The SMILES string of the molecule is Cc1cc(C#N)ccc1S(=O)(=O)N1C[C@@H](CN)[C@H](c2ccccc2)C1. The molecule has 1 aliphatic heterocycles. The van der Waals surface area contributed by atoms with Gasteiger partial charge < -0.3 is 5.73 Å². The number of sulfonamides is 1. The topological polar surface area (TPSA) is 87.2 Å². The second-order valence-corrected chi connectivity index (χ2v) is 8.33. The lowest BCUT2D eigenvalue weighted by Crippen LogP contribution is -2.30. The maximum atomic E-state index is 13.1. The number of benzene rings is 2. The summed E-state index contributed by atoms with van der Waals surface area (Å²) < 4.78 is 27.7. The maximum absolute atomic E-state index is 13.1. The Labute approximate surface area is 148 Å². The molecule has 2 N–H and O–H groups in total. The van der Waals surface area contributed by atoms with Crippen LogP contribution in [0.5, 0.6) is 0 Å². The highest BCUT2D eigenvalue weighted by molar-refractivity contribution is 7.89. The van der Waals surface area contributed by atoms with E-state index in [4.69, 9.17) is 11.0 Å². The molecule has 0 bridgehead atoms. The third-order valence-electron chi connectivity index (χ3n) is 4.86. The Morgan fingerprint density at radius 2 is 1.92 bits per heavy atom. The van der Waals surface area contributed by atoms with Gasteiger partial charge in [0.2, 0.25) is 10.0 Å². The molecule has 2 atom stereocenters. The van der Waals surface area contributed by atoms with Gasteiger partial charge in [-0.1, -0.05) is 30.3 Å². The smallest absolute Gasteiger partial charge is 0.243 e. The second-order valence-electron chi connectivity index (χ2n) is 6.43. The number of nitrogens with zero attached hydrogens (tertiary/aromatic N) is 2. The first-order valence-corrected chi connectivity index (χ1v) is 9.67. The highest BCUT2D eigenvalue weighted by Gasteiger charge is 2.39. The molecule has 0 aromatic heterocycles. The molecule has 25 heavy (non-hydrogen) atoms. The van der Waals surface area contributed by atoms with E-state index in [0.717, 1.165) is 5.56 Å². The number of hydrogen-bond donors (Lipinski definition) is 1. The predicted octanol–water partition coefficient (Wildman–Crippen LogP) is 2.23. The molecule has 130 valence electrons. The Kier molecular flexibility index (Phi) is 4.91. The Balaban J connectivity index is 1.93. The summed E-state index contributed by atoms with van der Waals surface area (Å²) >= 11 is 0. The summed E-state index contributed by atoms with van der Waals surface area (Å²) in [6.45, 7) is 3.00. The van der Waals surface area contributed by atoms with Crippen molar-refractivity contribution in [1.29, 1.82) is 5.26 Å². The van der Waals surface area contributed by atoms with Gasteiger partial charge in [-0.05, 0) is 48.7 Å². The van der Waals surface area contributed by atoms with Gasteiger partial charge in [-0.3, -0.25) is 0 Å². The van der Waals surface area contributed by atoms with Gasteiger partial charge in [-0.2, -0.15) is 9.57 Å². The van der Waals surface area contributed by atoms with Crippen LogP contribution in [0, 0.1) is 24.2 Å². The van der Waals surface area contributed by atoms with Crippen molar-refractivity contribution in [3.05, 3.63) is 65.2 Å². The molecular weight excluding hydrogens is 334 g/mol. The minimum absolute atomic E-state index is 0.0934. The average Bonchev–Trinajstić information content (AvgIpc) is 3.07. The van der Waals surface area contributed by atoms with Crippen LogP contribution in [0.15, 0.2) is 53.4 Å². The fraction of sp³-hybridized carbons (Fsp3) is 0.316. The summed E-state index contributed by atoms with van der Waals surface area (Å²) in [6, 6.07) is 16.6. The molecule has 3 rings (SSSR count). The molecule has 1 fully saturated rings. The summed E-state index contributed by atoms with van der Waals surface area (Å²) in [5.41, 5.74) is 8.08. The van der Waals surface area contributed by atoms with Crippen molar-refractivity contribution in [2.24, 2.45) is 11.7 Å². The van der Waals surface area contributed by atoms with Crippen molar-refractivity contribution >= 4 is 10.0 Å². The first-order valence-electron chi connectivity index (χ1n) is 8.23. The van der Waals surface area contributed by atoms with Crippen LogP contribution in [0.2, 0.25) is 0 Å². The van der Waals surface area contributed by atoms with Gasteiger partial charge >= 0.3 is 0 Å². The lowest BCUT2D eigenvalue weighted by molar-refractivity contribution is 0.458. The van der Waals surface area contributed by atoms with E-state index in [1.807, 2.05) is 36.4 Å². The Morgan fingerprint density at radius 3 is 2.52 bits per heavy atom. The zero-order valence-electron chi connectivity index (χ0n) is 14.1. The fourth-order valence-corrected chi connectivity index (χ4v) is 5.22. The van der Waals surface area contributed by atoms with Crippen LogP contribution in [0.25, 0.3) is 0 Å². The molecule has 5 nitrogen and oxygen atoms in total. The van der Waals surface area contributed by atoms with Gasteiger partial charge in [0.15, 0.2) is 0 Å². The summed E-state index contributed by atoms with van der Waals surface area (Å²) in [5.74, 6) is 0.190. The summed E-state index contributed by atoms with van der Waals surface area (Å²) in [6.07, 6.45) is 0. The molecule has 2 aromatic carbocycles. The number of hydrogen-bond acceptors (Lipinski definition) is 4. The van der Waals surface area contributed by atoms with Crippen molar-refractivity contribution in [2.45, 2.75) is 17.7 Å². The quantitative estimate of drug-likeness (QED) is 0.911. The summed E-state index contributed by atoms with van der Waals surface area (Å²) in [4.78, 5) is 0.260. The van der Waals surface area contributed by atoms with E-state index < -0.39 is 10.0 Å². The van der Waals surface area contributed by atoms with E-state index in [2.05, 4.69) is 0 Å². The molecule has 0 radical (unpaired) electrons. The number of nitriles is 1. The van der Waals surface area contributed by atoms with Gasteiger partial charge in [0, 0.05) is 19.0 Å². The average molecular weight is 355 g/mol. The number of nitrogens with two attached hydrogens (primary N) is 1. The lowest BCUT2D eigenvalue weighted by atomic mass is 9.89. The van der Waals surface area contributed by atoms with Crippen LogP contribution in [-0.4, -0.2) is 32.4 Å². The van der Waals surface area contributed by atoms with Gasteiger partial charge in [0.05, 0.1) is 16.5 Å². The van der Waals surface area contributed by atoms with Gasteiger partial charge in [0.25, 0.3) is 0 Å². The van der Waals surface area contributed by atoms with Crippen molar-refractivity contribution in [2.75, 3.05) is 19.6 Å². The molecule has 0 aliphatic carbocycles. The van der Waals surface area contributed by atoms with Crippen molar-refractivity contribution in [3.8, 4) is 6.07 Å². The van der Waals surface area contributed by atoms with Gasteiger partial charge in [-0.15, -0.1) is 0 Å². The molecule has 1 aliphatic rings. The van der Waals surface area contributed by atoms with Crippen molar-refractivity contribution in [1.82, 2.24) is 4.31 Å².